The molecule has 114 valence electrons. The first-order chi connectivity index (χ1) is 10.7. The van der Waals surface area contributed by atoms with Crippen molar-refractivity contribution in [1.29, 1.82) is 0 Å². The fourth-order valence-corrected chi connectivity index (χ4v) is 2.19. The molecule has 0 unspecified atom stereocenters. The first-order valence-corrected chi connectivity index (χ1v) is 7.51. The Bertz CT molecular complexity index is 650. The number of benzene rings is 2. The molecule has 0 aromatic heterocycles. The van der Waals surface area contributed by atoms with E-state index in [1.54, 1.807) is 12.1 Å². The van der Waals surface area contributed by atoms with Crippen molar-refractivity contribution in [3.05, 3.63) is 59.9 Å². The van der Waals surface area contributed by atoms with Crippen LogP contribution in [-0.2, 0) is 11.2 Å². The molecule has 0 spiro atoms. The molecule has 1 saturated carbocycles. The van der Waals surface area contributed by atoms with Crippen LogP contribution in [0.3, 0.4) is 0 Å². The molecule has 0 atom stereocenters. The first kappa shape index (κ1) is 14.6. The highest BCUT2D eigenvalue weighted by molar-refractivity contribution is 5.76. The van der Waals surface area contributed by atoms with Gasteiger partial charge in [-0.2, -0.15) is 0 Å². The lowest BCUT2D eigenvalue weighted by Gasteiger charge is -2.08. The summed E-state index contributed by atoms with van der Waals surface area (Å²) in [6.07, 6.45) is 3.37. The Morgan fingerprint density at radius 2 is 1.91 bits per heavy atom. The molecular formula is C18H18FNO2. The summed E-state index contributed by atoms with van der Waals surface area (Å²) >= 11 is 0. The molecule has 3 nitrogen and oxygen atoms in total. The summed E-state index contributed by atoms with van der Waals surface area (Å²) < 4.78 is 18.6. The second kappa shape index (κ2) is 6.60. The van der Waals surface area contributed by atoms with Crippen LogP contribution in [0.1, 0.15) is 24.8 Å². The van der Waals surface area contributed by atoms with E-state index in [-0.39, 0.29) is 11.7 Å². The van der Waals surface area contributed by atoms with Crippen LogP contribution in [0, 0.1) is 5.82 Å². The molecule has 1 amide bonds. The van der Waals surface area contributed by atoms with E-state index in [1.807, 2.05) is 24.3 Å². The largest absolute Gasteiger partial charge is 0.457 e. The molecule has 0 aliphatic heterocycles. The van der Waals surface area contributed by atoms with Crippen LogP contribution < -0.4 is 10.1 Å². The highest BCUT2D eigenvalue weighted by Crippen LogP contribution is 2.23. The Morgan fingerprint density at radius 1 is 1.14 bits per heavy atom. The molecule has 1 N–H and O–H groups in total. The van der Waals surface area contributed by atoms with Crippen LogP contribution in [-0.4, -0.2) is 11.9 Å². The number of nitrogens with one attached hydrogen (secondary N) is 1. The number of ether oxygens (including phenoxy) is 1. The Balaban J connectivity index is 1.56. The average molecular weight is 299 g/mol. The van der Waals surface area contributed by atoms with Crippen molar-refractivity contribution in [1.82, 2.24) is 5.32 Å². The maximum Gasteiger partial charge on any atom is 0.220 e. The van der Waals surface area contributed by atoms with E-state index in [0.717, 1.165) is 18.4 Å². The Kier molecular flexibility index (Phi) is 4.37. The molecule has 1 aliphatic carbocycles. The van der Waals surface area contributed by atoms with E-state index >= 15 is 0 Å². The average Bonchev–Trinajstić information content (AvgIpc) is 3.32. The third-order valence-electron chi connectivity index (χ3n) is 3.53. The number of carbonyl (C=O) groups is 1. The van der Waals surface area contributed by atoms with Crippen molar-refractivity contribution in [2.75, 3.05) is 0 Å². The summed E-state index contributed by atoms with van der Waals surface area (Å²) in [4.78, 5) is 11.7. The SMILES string of the molecule is O=C(CCc1cccc(Oc2ccc(F)cc2)c1)NC1CC1. The van der Waals surface area contributed by atoms with Crippen molar-refractivity contribution in [2.45, 2.75) is 31.7 Å². The predicted molar refractivity (Wildman–Crippen MR) is 82.4 cm³/mol. The fourth-order valence-electron chi connectivity index (χ4n) is 2.19. The van der Waals surface area contributed by atoms with Gasteiger partial charge in [0.1, 0.15) is 17.3 Å². The molecule has 22 heavy (non-hydrogen) atoms. The molecule has 0 saturated heterocycles. The molecule has 1 fully saturated rings. The molecule has 4 heteroatoms. The minimum Gasteiger partial charge on any atom is -0.457 e. The van der Waals surface area contributed by atoms with Gasteiger partial charge in [0, 0.05) is 12.5 Å². The van der Waals surface area contributed by atoms with Crippen molar-refractivity contribution in [3.8, 4) is 11.5 Å². The van der Waals surface area contributed by atoms with Gasteiger partial charge in [-0.3, -0.25) is 4.79 Å². The van der Waals surface area contributed by atoms with Gasteiger partial charge in [-0.1, -0.05) is 12.1 Å². The topological polar surface area (TPSA) is 38.3 Å². The van der Waals surface area contributed by atoms with Crippen LogP contribution in [0.4, 0.5) is 4.39 Å². The zero-order valence-electron chi connectivity index (χ0n) is 12.2. The standard InChI is InChI=1S/C18H18FNO2/c19-14-5-9-16(10-6-14)22-17-3-1-2-13(12-17)4-11-18(21)20-15-7-8-15/h1-3,5-6,9-10,12,15H,4,7-8,11H2,(H,20,21). The number of halogens is 1. The van der Waals surface area contributed by atoms with Gasteiger partial charge in [-0.15, -0.1) is 0 Å². The third-order valence-corrected chi connectivity index (χ3v) is 3.53. The third kappa shape index (κ3) is 4.32. The van der Waals surface area contributed by atoms with Crippen LogP contribution in [0.15, 0.2) is 48.5 Å². The summed E-state index contributed by atoms with van der Waals surface area (Å²) in [5.41, 5.74) is 1.05. The van der Waals surface area contributed by atoms with Gasteiger partial charge in [-0.05, 0) is 61.2 Å². The van der Waals surface area contributed by atoms with Gasteiger partial charge in [0.15, 0.2) is 0 Å². The second-order valence-electron chi connectivity index (χ2n) is 5.55. The maximum atomic E-state index is 12.9. The molecule has 0 radical (unpaired) electrons. The Morgan fingerprint density at radius 3 is 2.64 bits per heavy atom. The van der Waals surface area contributed by atoms with E-state index < -0.39 is 0 Å². The zero-order chi connectivity index (χ0) is 15.4. The summed E-state index contributed by atoms with van der Waals surface area (Å²) in [5.74, 6) is 1.09. The van der Waals surface area contributed by atoms with Gasteiger partial charge < -0.3 is 10.1 Å². The van der Waals surface area contributed by atoms with Gasteiger partial charge in [-0.25, -0.2) is 4.39 Å². The van der Waals surface area contributed by atoms with Gasteiger partial charge >= 0.3 is 0 Å². The number of hydrogen-bond acceptors (Lipinski definition) is 2. The van der Waals surface area contributed by atoms with Gasteiger partial charge in [0.05, 0.1) is 0 Å². The number of aryl methyl sites for hydroxylation is 1. The normalized spacial score (nSPS) is 13.7. The van der Waals surface area contributed by atoms with Crippen LogP contribution >= 0.6 is 0 Å². The lowest BCUT2D eigenvalue weighted by molar-refractivity contribution is -0.121. The highest BCUT2D eigenvalue weighted by Gasteiger charge is 2.22. The van der Waals surface area contributed by atoms with Crippen molar-refractivity contribution in [3.63, 3.8) is 0 Å². The molecule has 1 aliphatic rings. The van der Waals surface area contributed by atoms with Crippen molar-refractivity contribution in [2.24, 2.45) is 0 Å². The highest BCUT2D eigenvalue weighted by atomic mass is 19.1. The number of amides is 1. The summed E-state index contributed by atoms with van der Waals surface area (Å²) in [6, 6.07) is 13.9. The molecule has 0 heterocycles. The summed E-state index contributed by atoms with van der Waals surface area (Å²) in [6.45, 7) is 0. The van der Waals surface area contributed by atoms with Crippen molar-refractivity contribution < 1.29 is 13.9 Å². The lowest BCUT2D eigenvalue weighted by Crippen LogP contribution is -2.25. The smallest absolute Gasteiger partial charge is 0.220 e. The molecule has 0 bridgehead atoms. The van der Waals surface area contributed by atoms with Gasteiger partial charge in [0.25, 0.3) is 0 Å². The second-order valence-corrected chi connectivity index (χ2v) is 5.55. The molecule has 3 rings (SSSR count). The minimum absolute atomic E-state index is 0.104. The Labute approximate surface area is 129 Å². The van der Waals surface area contributed by atoms with E-state index in [0.29, 0.717) is 30.4 Å². The quantitative estimate of drug-likeness (QED) is 0.880. The van der Waals surface area contributed by atoms with Gasteiger partial charge in [0.2, 0.25) is 5.91 Å². The number of carbonyl (C=O) groups excluding carboxylic acids is 1. The zero-order valence-corrected chi connectivity index (χ0v) is 12.2. The van der Waals surface area contributed by atoms with Crippen LogP contribution in [0.5, 0.6) is 11.5 Å². The summed E-state index contributed by atoms with van der Waals surface area (Å²) in [5, 5.41) is 2.98. The monoisotopic (exact) mass is 299 g/mol. The first-order valence-electron chi connectivity index (χ1n) is 7.51. The fraction of sp³-hybridized carbons (Fsp3) is 0.278. The molecule has 2 aromatic rings. The van der Waals surface area contributed by atoms with E-state index in [9.17, 15) is 9.18 Å². The predicted octanol–water partition coefficient (Wildman–Crippen LogP) is 3.83. The minimum atomic E-state index is -0.289. The number of hydrogen-bond donors (Lipinski definition) is 1. The van der Waals surface area contributed by atoms with Crippen LogP contribution in [0.2, 0.25) is 0 Å². The van der Waals surface area contributed by atoms with E-state index in [4.69, 9.17) is 4.74 Å². The van der Waals surface area contributed by atoms with E-state index in [1.165, 1.54) is 12.1 Å². The Hall–Kier alpha value is -2.36. The van der Waals surface area contributed by atoms with E-state index in [2.05, 4.69) is 5.32 Å². The van der Waals surface area contributed by atoms with Crippen molar-refractivity contribution >= 4 is 5.91 Å². The number of rotatable bonds is 6. The molecular weight excluding hydrogens is 281 g/mol. The lowest BCUT2D eigenvalue weighted by atomic mass is 10.1. The maximum absolute atomic E-state index is 12.9. The summed E-state index contributed by atoms with van der Waals surface area (Å²) in [7, 11) is 0. The molecule has 2 aromatic carbocycles. The van der Waals surface area contributed by atoms with Crippen LogP contribution in [0.25, 0.3) is 0 Å².